The fraction of sp³-hybridized carbons (Fsp3) is 0.800. The predicted molar refractivity (Wildman–Crippen MR) is 98.6 cm³/mol. The highest BCUT2D eigenvalue weighted by molar-refractivity contribution is 5.80. The minimum atomic E-state index is 0.133. The molecule has 0 aromatic heterocycles. The quantitative estimate of drug-likeness (QED) is 0.506. The van der Waals surface area contributed by atoms with E-state index in [1.54, 1.807) is 0 Å². The maximum atomic E-state index is 12.2. The monoisotopic (exact) mass is 334 g/mol. The molecule has 0 bridgehead atoms. The van der Waals surface area contributed by atoms with Gasteiger partial charge in [0.15, 0.2) is 0 Å². The third-order valence-electron chi connectivity index (χ3n) is 4.38. The smallest absolute Gasteiger partial charge is 0.222 e. The van der Waals surface area contributed by atoms with Gasteiger partial charge in [-0.2, -0.15) is 0 Å². The molecule has 0 aromatic carbocycles. The number of hydrogen-bond acceptors (Lipinski definition) is 3. The second-order valence-electron chi connectivity index (χ2n) is 7.31. The van der Waals surface area contributed by atoms with Crippen molar-refractivity contribution in [1.82, 2.24) is 9.80 Å². The van der Waals surface area contributed by atoms with E-state index in [1.165, 1.54) is 0 Å². The Labute approximate surface area is 148 Å². The van der Waals surface area contributed by atoms with E-state index in [-0.39, 0.29) is 11.8 Å². The van der Waals surface area contributed by atoms with Crippen molar-refractivity contribution in [2.75, 3.05) is 32.7 Å². The number of ketones is 1. The van der Waals surface area contributed by atoms with Crippen LogP contribution in [-0.2, 0) is 9.59 Å². The van der Waals surface area contributed by atoms with Crippen LogP contribution in [0, 0.1) is 23.7 Å². The van der Waals surface area contributed by atoms with Crippen LogP contribution in [0.3, 0.4) is 0 Å². The van der Waals surface area contributed by atoms with Crippen LogP contribution >= 0.6 is 0 Å². The summed E-state index contributed by atoms with van der Waals surface area (Å²) in [5.74, 6) is 7.54. The molecule has 1 rings (SSSR count). The highest BCUT2D eigenvalue weighted by atomic mass is 16.2. The van der Waals surface area contributed by atoms with E-state index < -0.39 is 0 Å². The van der Waals surface area contributed by atoms with Crippen LogP contribution in [0.4, 0.5) is 0 Å². The van der Waals surface area contributed by atoms with Gasteiger partial charge < -0.3 is 4.90 Å². The van der Waals surface area contributed by atoms with E-state index in [1.807, 2.05) is 18.7 Å². The van der Waals surface area contributed by atoms with Gasteiger partial charge in [0.1, 0.15) is 5.78 Å². The molecular formula is C20H34N2O2. The summed E-state index contributed by atoms with van der Waals surface area (Å²) in [6, 6.07) is 0. The van der Waals surface area contributed by atoms with E-state index in [2.05, 4.69) is 30.6 Å². The molecule has 1 aliphatic heterocycles. The Hall–Kier alpha value is -1.34. The Balaban J connectivity index is 2.13. The Morgan fingerprint density at radius 1 is 0.917 bits per heavy atom. The van der Waals surface area contributed by atoms with Gasteiger partial charge in [-0.05, 0) is 12.8 Å². The zero-order chi connectivity index (χ0) is 17.9. The number of Topliss-reactive ketones (excluding diaryl/α,β-unsaturated/α-hetero) is 1. The lowest BCUT2D eigenvalue weighted by atomic mass is 10.0. The summed E-state index contributed by atoms with van der Waals surface area (Å²) < 4.78 is 0. The van der Waals surface area contributed by atoms with Crippen LogP contribution in [0.1, 0.15) is 59.8 Å². The van der Waals surface area contributed by atoms with E-state index in [9.17, 15) is 9.59 Å². The molecule has 0 aromatic rings. The van der Waals surface area contributed by atoms with Gasteiger partial charge in [0.05, 0.1) is 6.54 Å². The van der Waals surface area contributed by atoms with E-state index >= 15 is 0 Å². The summed E-state index contributed by atoms with van der Waals surface area (Å²) in [6.07, 6.45) is 4.04. The zero-order valence-corrected chi connectivity index (χ0v) is 15.9. The van der Waals surface area contributed by atoms with Crippen molar-refractivity contribution in [2.24, 2.45) is 11.8 Å². The number of rotatable bonds is 8. The van der Waals surface area contributed by atoms with E-state index in [0.29, 0.717) is 24.5 Å². The molecule has 0 aliphatic carbocycles. The van der Waals surface area contributed by atoms with E-state index in [0.717, 1.165) is 52.0 Å². The number of piperazine rings is 1. The number of nitrogens with zero attached hydrogens (tertiary/aromatic N) is 2. The fourth-order valence-electron chi connectivity index (χ4n) is 2.72. The molecule has 0 saturated carbocycles. The summed E-state index contributed by atoms with van der Waals surface area (Å²) in [4.78, 5) is 28.1. The maximum Gasteiger partial charge on any atom is 0.222 e. The molecule has 0 unspecified atom stereocenters. The van der Waals surface area contributed by atoms with Gasteiger partial charge in [-0.15, -0.1) is 0 Å². The minimum absolute atomic E-state index is 0.133. The molecule has 1 aliphatic rings. The SMILES string of the molecule is CC(C)C#CCN1CCN(C(=O)CCCCCC(=O)C(C)C)CC1. The largest absolute Gasteiger partial charge is 0.340 e. The molecule has 0 atom stereocenters. The lowest BCUT2D eigenvalue weighted by Crippen LogP contribution is -2.48. The second kappa shape index (κ2) is 11.3. The standard InChI is InChI=1S/C20H34N2O2/c1-17(2)9-8-12-21-13-15-22(16-14-21)20(24)11-7-5-6-10-19(23)18(3)4/h17-18H,5-7,10-16H2,1-4H3. The fourth-order valence-corrected chi connectivity index (χ4v) is 2.72. The second-order valence-corrected chi connectivity index (χ2v) is 7.31. The molecule has 0 N–H and O–H groups in total. The van der Waals surface area contributed by atoms with Crippen molar-refractivity contribution in [1.29, 1.82) is 0 Å². The van der Waals surface area contributed by atoms with Crippen LogP contribution in [0.2, 0.25) is 0 Å². The Morgan fingerprint density at radius 2 is 1.54 bits per heavy atom. The third-order valence-corrected chi connectivity index (χ3v) is 4.38. The van der Waals surface area contributed by atoms with Gasteiger partial charge in [-0.1, -0.05) is 46.0 Å². The topological polar surface area (TPSA) is 40.6 Å². The number of carbonyl (C=O) groups excluding carboxylic acids is 2. The Kier molecular flexibility index (Phi) is 9.71. The molecule has 136 valence electrons. The van der Waals surface area contributed by atoms with Crippen LogP contribution in [0.5, 0.6) is 0 Å². The van der Waals surface area contributed by atoms with Crippen LogP contribution < -0.4 is 0 Å². The zero-order valence-electron chi connectivity index (χ0n) is 15.9. The number of hydrogen-bond donors (Lipinski definition) is 0. The van der Waals surface area contributed by atoms with Crippen molar-refractivity contribution in [3.8, 4) is 11.8 Å². The van der Waals surface area contributed by atoms with Crippen molar-refractivity contribution in [3.63, 3.8) is 0 Å². The summed E-state index contributed by atoms with van der Waals surface area (Å²) in [5.41, 5.74) is 0. The summed E-state index contributed by atoms with van der Waals surface area (Å²) >= 11 is 0. The normalized spacial score (nSPS) is 15.5. The van der Waals surface area contributed by atoms with Gasteiger partial charge >= 0.3 is 0 Å². The molecular weight excluding hydrogens is 300 g/mol. The first-order valence-electron chi connectivity index (χ1n) is 9.41. The minimum Gasteiger partial charge on any atom is -0.340 e. The lowest BCUT2D eigenvalue weighted by Gasteiger charge is -2.33. The molecule has 1 heterocycles. The molecule has 1 amide bonds. The Morgan fingerprint density at radius 3 is 2.12 bits per heavy atom. The summed E-state index contributed by atoms with van der Waals surface area (Å²) in [7, 11) is 0. The summed E-state index contributed by atoms with van der Waals surface area (Å²) in [5, 5.41) is 0. The highest BCUT2D eigenvalue weighted by Gasteiger charge is 2.20. The predicted octanol–water partition coefficient (Wildman–Crippen LogP) is 2.97. The van der Waals surface area contributed by atoms with Gasteiger partial charge in [-0.25, -0.2) is 0 Å². The van der Waals surface area contributed by atoms with Crippen LogP contribution in [0.15, 0.2) is 0 Å². The first-order valence-corrected chi connectivity index (χ1v) is 9.41. The summed E-state index contributed by atoms with van der Waals surface area (Å²) in [6.45, 7) is 12.4. The molecule has 0 radical (unpaired) electrons. The molecule has 1 saturated heterocycles. The molecule has 4 nitrogen and oxygen atoms in total. The molecule has 0 spiro atoms. The maximum absolute atomic E-state index is 12.2. The van der Waals surface area contributed by atoms with Crippen molar-refractivity contribution in [3.05, 3.63) is 0 Å². The highest BCUT2D eigenvalue weighted by Crippen LogP contribution is 2.10. The molecule has 24 heavy (non-hydrogen) atoms. The molecule has 4 heteroatoms. The van der Waals surface area contributed by atoms with E-state index in [4.69, 9.17) is 0 Å². The van der Waals surface area contributed by atoms with Gasteiger partial charge in [0, 0.05) is 50.9 Å². The number of unbranched alkanes of at least 4 members (excludes halogenated alkanes) is 2. The molecule has 1 fully saturated rings. The number of amides is 1. The van der Waals surface area contributed by atoms with Crippen molar-refractivity contribution >= 4 is 11.7 Å². The van der Waals surface area contributed by atoms with Gasteiger partial charge in [-0.3, -0.25) is 14.5 Å². The average molecular weight is 335 g/mol. The average Bonchev–Trinajstić information content (AvgIpc) is 2.54. The Bertz CT molecular complexity index is 452. The van der Waals surface area contributed by atoms with Gasteiger partial charge in [0.25, 0.3) is 0 Å². The van der Waals surface area contributed by atoms with Crippen LogP contribution in [0.25, 0.3) is 0 Å². The van der Waals surface area contributed by atoms with Crippen molar-refractivity contribution < 1.29 is 9.59 Å². The van der Waals surface area contributed by atoms with Gasteiger partial charge in [0.2, 0.25) is 5.91 Å². The lowest BCUT2D eigenvalue weighted by molar-refractivity contribution is -0.133. The first kappa shape index (κ1) is 20.7. The number of carbonyl (C=O) groups is 2. The van der Waals surface area contributed by atoms with Crippen molar-refractivity contribution in [2.45, 2.75) is 59.8 Å². The third kappa shape index (κ3) is 8.49. The van der Waals surface area contributed by atoms with Crippen LogP contribution in [-0.4, -0.2) is 54.2 Å². The first-order chi connectivity index (χ1) is 11.4.